The highest BCUT2D eigenvalue weighted by molar-refractivity contribution is 5.80. The van der Waals surface area contributed by atoms with Crippen LogP contribution in [0.2, 0.25) is 0 Å². The van der Waals surface area contributed by atoms with Crippen molar-refractivity contribution in [2.45, 2.75) is 6.54 Å². The number of rotatable bonds is 3. The molecule has 3 heteroatoms. The molecule has 0 atom stereocenters. The summed E-state index contributed by atoms with van der Waals surface area (Å²) in [4.78, 5) is 12.4. The van der Waals surface area contributed by atoms with Crippen LogP contribution in [0.15, 0.2) is 72.0 Å². The first-order chi connectivity index (χ1) is 9.33. The van der Waals surface area contributed by atoms with Crippen molar-refractivity contribution in [3.8, 4) is 5.69 Å². The number of allylic oxidation sites excluding steroid dienone is 1. The van der Waals surface area contributed by atoms with Crippen LogP contribution < -0.4 is 5.56 Å². The topological polar surface area (TPSA) is 26.9 Å². The number of benzene rings is 2. The first-order valence-electron chi connectivity index (χ1n) is 6.20. The molecule has 0 unspecified atom stereocenters. The second kappa shape index (κ2) is 4.61. The first-order valence-corrected chi connectivity index (χ1v) is 6.20. The van der Waals surface area contributed by atoms with Gasteiger partial charge in [-0.3, -0.25) is 4.79 Å². The number of fused-ring (bicyclic) bond motifs is 1. The fourth-order valence-corrected chi connectivity index (χ4v) is 2.33. The van der Waals surface area contributed by atoms with Crippen molar-refractivity contribution in [2.24, 2.45) is 0 Å². The molecule has 94 valence electrons. The standard InChI is InChI=1S/C16H14N2O/c1-2-12-17-16(19)14-10-6-7-11-15(14)18(17)13-8-4-3-5-9-13/h2-11H,1,12H2. The molecule has 0 spiro atoms. The summed E-state index contributed by atoms with van der Waals surface area (Å²) in [5.41, 5.74) is 1.91. The van der Waals surface area contributed by atoms with E-state index < -0.39 is 0 Å². The molecule has 0 fully saturated rings. The van der Waals surface area contributed by atoms with Crippen LogP contribution in [-0.4, -0.2) is 9.36 Å². The van der Waals surface area contributed by atoms with Crippen molar-refractivity contribution in [3.63, 3.8) is 0 Å². The van der Waals surface area contributed by atoms with Crippen LogP contribution in [0, 0.1) is 0 Å². The van der Waals surface area contributed by atoms with Gasteiger partial charge in [-0.1, -0.05) is 36.4 Å². The molecular weight excluding hydrogens is 236 g/mol. The van der Waals surface area contributed by atoms with Crippen LogP contribution in [-0.2, 0) is 6.54 Å². The second-order valence-corrected chi connectivity index (χ2v) is 4.34. The van der Waals surface area contributed by atoms with E-state index in [9.17, 15) is 4.79 Å². The Hall–Kier alpha value is -2.55. The number of hydrogen-bond donors (Lipinski definition) is 0. The summed E-state index contributed by atoms with van der Waals surface area (Å²) in [6.45, 7) is 4.22. The molecule has 0 amide bonds. The van der Waals surface area contributed by atoms with Gasteiger partial charge in [-0.05, 0) is 24.3 Å². The number of hydrogen-bond acceptors (Lipinski definition) is 1. The first kappa shape index (κ1) is 11.5. The van der Waals surface area contributed by atoms with Gasteiger partial charge in [0, 0.05) is 0 Å². The molecule has 0 saturated carbocycles. The number of para-hydroxylation sites is 2. The van der Waals surface area contributed by atoms with Crippen molar-refractivity contribution in [1.29, 1.82) is 0 Å². The van der Waals surface area contributed by atoms with Crippen molar-refractivity contribution >= 4 is 10.9 Å². The Labute approximate surface area is 111 Å². The van der Waals surface area contributed by atoms with Crippen molar-refractivity contribution in [2.75, 3.05) is 0 Å². The van der Waals surface area contributed by atoms with Gasteiger partial charge in [0.2, 0.25) is 0 Å². The van der Waals surface area contributed by atoms with Crippen molar-refractivity contribution < 1.29 is 0 Å². The third-order valence-corrected chi connectivity index (χ3v) is 3.14. The number of aromatic nitrogens is 2. The summed E-state index contributed by atoms with van der Waals surface area (Å²) in [6, 6.07) is 17.5. The molecule has 19 heavy (non-hydrogen) atoms. The van der Waals surface area contributed by atoms with E-state index >= 15 is 0 Å². The normalized spacial score (nSPS) is 10.7. The van der Waals surface area contributed by atoms with Gasteiger partial charge in [0.15, 0.2) is 0 Å². The summed E-state index contributed by atoms with van der Waals surface area (Å²) < 4.78 is 3.65. The lowest BCUT2D eigenvalue weighted by Crippen LogP contribution is -2.21. The average Bonchev–Trinajstić information content (AvgIpc) is 2.74. The van der Waals surface area contributed by atoms with E-state index in [0.29, 0.717) is 6.54 Å². The van der Waals surface area contributed by atoms with Crippen LogP contribution in [0.3, 0.4) is 0 Å². The summed E-state index contributed by atoms with van der Waals surface area (Å²) >= 11 is 0. The molecule has 0 radical (unpaired) electrons. The van der Waals surface area contributed by atoms with Gasteiger partial charge >= 0.3 is 0 Å². The lowest BCUT2D eigenvalue weighted by Gasteiger charge is -2.11. The molecule has 0 aliphatic rings. The summed E-state index contributed by atoms with van der Waals surface area (Å²) in [7, 11) is 0. The zero-order valence-electron chi connectivity index (χ0n) is 10.5. The monoisotopic (exact) mass is 250 g/mol. The van der Waals surface area contributed by atoms with E-state index in [-0.39, 0.29) is 5.56 Å². The lowest BCUT2D eigenvalue weighted by molar-refractivity contribution is 0.609. The minimum absolute atomic E-state index is 0.0133. The maximum absolute atomic E-state index is 12.4. The fraction of sp³-hybridized carbons (Fsp3) is 0.0625. The maximum Gasteiger partial charge on any atom is 0.275 e. The van der Waals surface area contributed by atoms with Gasteiger partial charge in [-0.2, -0.15) is 0 Å². The molecule has 3 rings (SSSR count). The van der Waals surface area contributed by atoms with E-state index in [1.54, 1.807) is 10.8 Å². The van der Waals surface area contributed by atoms with E-state index in [2.05, 4.69) is 6.58 Å². The molecule has 0 bridgehead atoms. The highest BCUT2D eigenvalue weighted by Crippen LogP contribution is 2.16. The van der Waals surface area contributed by atoms with Gasteiger partial charge in [-0.15, -0.1) is 6.58 Å². The zero-order valence-corrected chi connectivity index (χ0v) is 10.5. The fourth-order valence-electron chi connectivity index (χ4n) is 2.33. The van der Waals surface area contributed by atoms with E-state index in [0.717, 1.165) is 16.6 Å². The summed E-state index contributed by atoms with van der Waals surface area (Å²) in [5.74, 6) is 0. The largest absolute Gasteiger partial charge is 0.275 e. The molecule has 0 aliphatic carbocycles. The SMILES string of the molecule is C=CCn1c(=O)c2ccccc2n1-c1ccccc1. The van der Waals surface area contributed by atoms with Crippen LogP contribution >= 0.6 is 0 Å². The van der Waals surface area contributed by atoms with Crippen LogP contribution in [0.4, 0.5) is 0 Å². The van der Waals surface area contributed by atoms with Crippen molar-refractivity contribution in [3.05, 3.63) is 77.6 Å². The molecule has 0 N–H and O–H groups in total. The Morgan fingerprint density at radius 1 is 1.00 bits per heavy atom. The van der Waals surface area contributed by atoms with Gasteiger partial charge in [0.25, 0.3) is 5.56 Å². The highest BCUT2D eigenvalue weighted by Gasteiger charge is 2.12. The van der Waals surface area contributed by atoms with Crippen LogP contribution in [0.5, 0.6) is 0 Å². The minimum atomic E-state index is 0.0133. The third-order valence-electron chi connectivity index (χ3n) is 3.14. The van der Waals surface area contributed by atoms with Gasteiger partial charge in [-0.25, -0.2) is 9.36 Å². The second-order valence-electron chi connectivity index (χ2n) is 4.34. The predicted octanol–water partition coefficient (Wildman–Crippen LogP) is 2.98. The Kier molecular flexibility index (Phi) is 2.80. The smallest absolute Gasteiger partial charge is 0.267 e. The Morgan fingerprint density at radius 3 is 2.42 bits per heavy atom. The molecule has 1 aromatic heterocycles. The quantitative estimate of drug-likeness (QED) is 0.656. The Morgan fingerprint density at radius 2 is 1.68 bits per heavy atom. The molecule has 3 aromatic rings. The Balaban J connectivity index is 2.42. The Bertz CT molecular complexity index is 781. The number of nitrogens with zero attached hydrogens (tertiary/aromatic N) is 2. The van der Waals surface area contributed by atoms with Gasteiger partial charge in [0.1, 0.15) is 0 Å². The summed E-state index contributed by atoms with van der Waals surface area (Å²) in [5, 5.41) is 0.730. The molecular formula is C16H14N2O. The molecule has 0 saturated heterocycles. The minimum Gasteiger partial charge on any atom is -0.267 e. The van der Waals surface area contributed by atoms with Gasteiger partial charge < -0.3 is 0 Å². The summed E-state index contributed by atoms with van der Waals surface area (Å²) in [6.07, 6.45) is 1.74. The van der Waals surface area contributed by atoms with E-state index in [1.165, 1.54) is 0 Å². The van der Waals surface area contributed by atoms with Crippen LogP contribution in [0.1, 0.15) is 0 Å². The molecule has 0 aliphatic heterocycles. The molecule has 2 aromatic carbocycles. The maximum atomic E-state index is 12.4. The van der Waals surface area contributed by atoms with Crippen molar-refractivity contribution in [1.82, 2.24) is 9.36 Å². The molecule has 3 nitrogen and oxygen atoms in total. The molecule has 1 heterocycles. The predicted molar refractivity (Wildman–Crippen MR) is 77.7 cm³/mol. The van der Waals surface area contributed by atoms with Crippen LogP contribution in [0.25, 0.3) is 16.6 Å². The average molecular weight is 250 g/mol. The third kappa shape index (κ3) is 1.80. The van der Waals surface area contributed by atoms with E-state index in [1.807, 2.05) is 59.3 Å². The van der Waals surface area contributed by atoms with Gasteiger partial charge in [0.05, 0.1) is 23.1 Å². The highest BCUT2D eigenvalue weighted by atomic mass is 16.1. The van der Waals surface area contributed by atoms with E-state index in [4.69, 9.17) is 0 Å². The lowest BCUT2D eigenvalue weighted by atomic mass is 10.2. The zero-order chi connectivity index (χ0) is 13.2.